The molecule has 0 aromatic heterocycles. The zero-order valence-corrected chi connectivity index (χ0v) is 20.2. The van der Waals surface area contributed by atoms with Gasteiger partial charge < -0.3 is 5.11 Å². The summed E-state index contributed by atoms with van der Waals surface area (Å²) in [5, 5.41) is 10.5. The molecule has 166 valence electrons. The van der Waals surface area contributed by atoms with Crippen LogP contribution in [-0.4, -0.2) is 11.2 Å². The van der Waals surface area contributed by atoms with Crippen molar-refractivity contribution in [3.63, 3.8) is 0 Å². The van der Waals surface area contributed by atoms with E-state index in [0.29, 0.717) is 22.7 Å². The number of aliphatic hydroxyl groups is 1. The van der Waals surface area contributed by atoms with Crippen molar-refractivity contribution in [3.8, 4) is 0 Å². The molecule has 0 spiro atoms. The number of fused-ring (bicyclic) bond motifs is 5. The van der Waals surface area contributed by atoms with Crippen molar-refractivity contribution in [2.24, 2.45) is 52.3 Å². The molecule has 0 heterocycles. The Morgan fingerprint density at radius 2 is 1.66 bits per heavy atom. The summed E-state index contributed by atoms with van der Waals surface area (Å²) in [6.45, 7) is 14.9. The Bertz CT molecular complexity index is 620. The van der Waals surface area contributed by atoms with Gasteiger partial charge in [-0.05, 0) is 97.2 Å². The Kier molecular flexibility index (Phi) is 6.04. The quantitative estimate of drug-likeness (QED) is 0.470. The molecule has 0 radical (unpaired) electrons. The maximum atomic E-state index is 10.5. The first-order chi connectivity index (χ1) is 13.7. The SMILES string of the molecule is CC(C)CCCC(C)[C@H]1CCC2C3=CCC4[C@H](C)C(O)CC[C@]4(C)C3CC[C@@]21C. The zero-order valence-electron chi connectivity index (χ0n) is 20.2. The lowest BCUT2D eigenvalue weighted by Gasteiger charge is -2.59. The summed E-state index contributed by atoms with van der Waals surface area (Å²) < 4.78 is 0. The van der Waals surface area contributed by atoms with E-state index in [2.05, 4.69) is 47.6 Å². The molecule has 1 heteroatoms. The second kappa shape index (κ2) is 7.99. The zero-order chi connectivity index (χ0) is 21.0. The smallest absolute Gasteiger partial charge is 0.0568 e. The van der Waals surface area contributed by atoms with Crippen molar-refractivity contribution in [2.45, 2.75) is 112 Å². The Morgan fingerprint density at radius 1 is 0.966 bits per heavy atom. The summed E-state index contributed by atoms with van der Waals surface area (Å²) in [5.74, 6) is 5.47. The van der Waals surface area contributed by atoms with Crippen molar-refractivity contribution in [1.82, 2.24) is 0 Å². The maximum absolute atomic E-state index is 10.5. The van der Waals surface area contributed by atoms with Crippen LogP contribution in [0.2, 0.25) is 0 Å². The lowest BCUT2D eigenvalue weighted by atomic mass is 9.46. The van der Waals surface area contributed by atoms with Crippen molar-refractivity contribution >= 4 is 0 Å². The fourth-order valence-electron chi connectivity index (χ4n) is 8.97. The van der Waals surface area contributed by atoms with Gasteiger partial charge in [0.2, 0.25) is 0 Å². The highest BCUT2D eigenvalue weighted by Crippen LogP contribution is 2.67. The van der Waals surface area contributed by atoms with Crippen molar-refractivity contribution < 1.29 is 5.11 Å². The monoisotopic (exact) mass is 400 g/mol. The summed E-state index contributed by atoms with van der Waals surface area (Å²) in [6, 6.07) is 0. The summed E-state index contributed by atoms with van der Waals surface area (Å²) >= 11 is 0. The topological polar surface area (TPSA) is 20.2 Å². The molecule has 1 nitrogen and oxygen atoms in total. The van der Waals surface area contributed by atoms with E-state index in [1.807, 2.05) is 5.57 Å². The third-order valence-corrected chi connectivity index (χ3v) is 10.8. The summed E-state index contributed by atoms with van der Waals surface area (Å²) in [6.07, 6.45) is 16.1. The number of hydrogen-bond acceptors (Lipinski definition) is 1. The molecule has 3 fully saturated rings. The lowest BCUT2D eigenvalue weighted by molar-refractivity contribution is -0.0773. The molecule has 4 rings (SSSR count). The van der Waals surface area contributed by atoms with Gasteiger partial charge in [-0.1, -0.05) is 72.5 Å². The van der Waals surface area contributed by atoms with Gasteiger partial charge in [-0.3, -0.25) is 0 Å². The highest BCUT2D eigenvalue weighted by molar-refractivity contribution is 5.28. The van der Waals surface area contributed by atoms with Gasteiger partial charge in [0.1, 0.15) is 0 Å². The average molecular weight is 401 g/mol. The van der Waals surface area contributed by atoms with Gasteiger partial charge in [0.25, 0.3) is 0 Å². The minimum Gasteiger partial charge on any atom is -0.393 e. The number of allylic oxidation sites excluding steroid dienone is 2. The lowest BCUT2D eigenvalue weighted by Crippen LogP contribution is -2.52. The van der Waals surface area contributed by atoms with Gasteiger partial charge in [-0.25, -0.2) is 0 Å². The molecule has 0 aromatic rings. The van der Waals surface area contributed by atoms with Gasteiger partial charge in [0.15, 0.2) is 0 Å². The van der Waals surface area contributed by atoms with Gasteiger partial charge in [0, 0.05) is 0 Å². The number of hydrogen-bond donors (Lipinski definition) is 1. The summed E-state index contributed by atoms with van der Waals surface area (Å²) in [5.41, 5.74) is 2.85. The molecule has 4 aliphatic carbocycles. The van der Waals surface area contributed by atoms with Crippen LogP contribution in [0.5, 0.6) is 0 Å². The molecule has 9 atom stereocenters. The van der Waals surface area contributed by atoms with Crippen LogP contribution in [0.15, 0.2) is 11.6 Å². The fourth-order valence-corrected chi connectivity index (χ4v) is 8.97. The van der Waals surface area contributed by atoms with Crippen LogP contribution in [0.3, 0.4) is 0 Å². The largest absolute Gasteiger partial charge is 0.393 e. The van der Waals surface area contributed by atoms with E-state index in [9.17, 15) is 5.11 Å². The Balaban J connectivity index is 1.52. The van der Waals surface area contributed by atoms with E-state index in [0.717, 1.165) is 36.0 Å². The molecule has 3 saturated carbocycles. The third-order valence-electron chi connectivity index (χ3n) is 10.8. The van der Waals surface area contributed by atoms with Crippen LogP contribution in [0.25, 0.3) is 0 Å². The molecule has 0 aliphatic heterocycles. The minimum absolute atomic E-state index is 0.0700. The van der Waals surface area contributed by atoms with E-state index < -0.39 is 0 Å². The predicted molar refractivity (Wildman–Crippen MR) is 124 cm³/mol. The van der Waals surface area contributed by atoms with E-state index in [1.54, 1.807) is 0 Å². The second-order valence-electron chi connectivity index (χ2n) is 12.7. The van der Waals surface area contributed by atoms with Gasteiger partial charge in [0.05, 0.1) is 6.10 Å². The first-order valence-corrected chi connectivity index (χ1v) is 13.1. The van der Waals surface area contributed by atoms with Gasteiger partial charge in [-0.15, -0.1) is 0 Å². The van der Waals surface area contributed by atoms with Crippen LogP contribution < -0.4 is 0 Å². The third kappa shape index (κ3) is 3.56. The average Bonchev–Trinajstić information content (AvgIpc) is 3.02. The Labute approximate surface area is 181 Å². The highest BCUT2D eigenvalue weighted by Gasteiger charge is 2.59. The number of aliphatic hydroxyl groups excluding tert-OH is 1. The fraction of sp³-hybridized carbons (Fsp3) is 0.929. The molecule has 0 saturated heterocycles. The van der Waals surface area contributed by atoms with Crippen LogP contribution in [0.1, 0.15) is 106 Å². The van der Waals surface area contributed by atoms with Crippen molar-refractivity contribution in [3.05, 3.63) is 11.6 Å². The molecule has 5 unspecified atom stereocenters. The molecule has 1 N–H and O–H groups in total. The first kappa shape index (κ1) is 21.9. The Hall–Kier alpha value is -0.300. The first-order valence-electron chi connectivity index (χ1n) is 13.1. The summed E-state index contributed by atoms with van der Waals surface area (Å²) in [4.78, 5) is 0. The van der Waals surface area contributed by atoms with Crippen LogP contribution in [0.4, 0.5) is 0 Å². The second-order valence-corrected chi connectivity index (χ2v) is 12.7. The van der Waals surface area contributed by atoms with E-state index in [4.69, 9.17) is 0 Å². The summed E-state index contributed by atoms with van der Waals surface area (Å²) in [7, 11) is 0. The molecule has 4 aliphatic rings. The van der Waals surface area contributed by atoms with Gasteiger partial charge in [-0.2, -0.15) is 0 Å². The molecular weight excluding hydrogens is 352 g/mol. The molecule has 0 amide bonds. The molecule has 29 heavy (non-hydrogen) atoms. The standard InChI is InChI=1S/C28H48O/c1-18(2)8-7-9-19(3)22-12-13-24-21-10-11-23-20(4)26(29)15-17-28(23,6)25(21)14-16-27(22,24)5/h10,18-20,22-26,29H,7-9,11-17H2,1-6H3/t19?,20-,22+,23?,24?,25?,26?,27+,28-/m0/s1. The Morgan fingerprint density at radius 3 is 2.38 bits per heavy atom. The van der Waals surface area contributed by atoms with Crippen LogP contribution in [0, 0.1) is 52.3 Å². The molecular formula is C28H48O. The molecule has 0 bridgehead atoms. The van der Waals surface area contributed by atoms with Crippen molar-refractivity contribution in [2.75, 3.05) is 0 Å². The van der Waals surface area contributed by atoms with Crippen LogP contribution >= 0.6 is 0 Å². The highest BCUT2D eigenvalue weighted by atomic mass is 16.3. The predicted octanol–water partition coefficient (Wildman–Crippen LogP) is 7.63. The number of rotatable bonds is 5. The van der Waals surface area contributed by atoms with E-state index >= 15 is 0 Å². The minimum atomic E-state index is -0.0700. The molecule has 0 aromatic carbocycles. The van der Waals surface area contributed by atoms with Gasteiger partial charge >= 0.3 is 0 Å². The maximum Gasteiger partial charge on any atom is 0.0568 e. The normalized spacial score (nSPS) is 47.9. The van der Waals surface area contributed by atoms with Crippen LogP contribution in [-0.2, 0) is 0 Å². The van der Waals surface area contributed by atoms with E-state index in [1.165, 1.54) is 57.8 Å². The van der Waals surface area contributed by atoms with Crippen molar-refractivity contribution in [1.29, 1.82) is 0 Å². The van der Waals surface area contributed by atoms with E-state index in [-0.39, 0.29) is 6.10 Å².